The Morgan fingerprint density at radius 2 is 2.15 bits per heavy atom. The zero-order valence-corrected chi connectivity index (χ0v) is 14.8. The summed E-state index contributed by atoms with van der Waals surface area (Å²) < 4.78 is 7.62. The molecule has 6 heteroatoms. The van der Waals surface area contributed by atoms with E-state index in [-0.39, 0.29) is 0 Å². The van der Waals surface area contributed by atoms with Crippen molar-refractivity contribution in [3.8, 4) is 5.75 Å². The molecule has 4 nitrogen and oxygen atoms in total. The van der Waals surface area contributed by atoms with Gasteiger partial charge in [0, 0.05) is 17.1 Å². The van der Waals surface area contributed by atoms with Gasteiger partial charge in [-0.25, -0.2) is 9.97 Å². The summed E-state index contributed by atoms with van der Waals surface area (Å²) in [6, 6.07) is 8.05. The molecular formula is C14H15BrIN3O. The van der Waals surface area contributed by atoms with Gasteiger partial charge in [0.15, 0.2) is 0 Å². The normalized spacial score (nSPS) is 10.3. The van der Waals surface area contributed by atoms with Crippen LogP contribution in [-0.4, -0.2) is 23.1 Å². The van der Waals surface area contributed by atoms with Crippen molar-refractivity contribution in [3.63, 3.8) is 0 Å². The van der Waals surface area contributed by atoms with Crippen LogP contribution in [0.3, 0.4) is 0 Å². The summed E-state index contributed by atoms with van der Waals surface area (Å²) in [5, 5.41) is 3.29. The van der Waals surface area contributed by atoms with E-state index in [4.69, 9.17) is 4.74 Å². The third kappa shape index (κ3) is 4.59. The van der Waals surface area contributed by atoms with Gasteiger partial charge in [-0.1, -0.05) is 22.0 Å². The Balaban J connectivity index is 1.97. The molecular weight excluding hydrogens is 433 g/mol. The first-order valence-electron chi connectivity index (χ1n) is 6.31. The van der Waals surface area contributed by atoms with Crippen LogP contribution in [0.1, 0.15) is 12.5 Å². The van der Waals surface area contributed by atoms with Crippen LogP contribution < -0.4 is 10.1 Å². The Hall–Kier alpha value is -0.890. The highest BCUT2D eigenvalue weighted by molar-refractivity contribution is 14.1. The number of rotatable bonds is 6. The SMILES string of the molecule is CCOc1cc(Br)ccc1CCNc1cc(I)ncn1. The van der Waals surface area contributed by atoms with Crippen LogP contribution in [0.2, 0.25) is 0 Å². The van der Waals surface area contributed by atoms with Gasteiger partial charge in [0.25, 0.3) is 0 Å². The Morgan fingerprint density at radius 1 is 1.30 bits per heavy atom. The Morgan fingerprint density at radius 3 is 2.90 bits per heavy atom. The van der Waals surface area contributed by atoms with E-state index in [1.807, 2.05) is 25.1 Å². The van der Waals surface area contributed by atoms with Gasteiger partial charge >= 0.3 is 0 Å². The van der Waals surface area contributed by atoms with Crippen LogP contribution >= 0.6 is 38.5 Å². The van der Waals surface area contributed by atoms with Gasteiger partial charge in [-0.2, -0.15) is 0 Å². The van der Waals surface area contributed by atoms with E-state index in [1.54, 1.807) is 6.33 Å². The summed E-state index contributed by atoms with van der Waals surface area (Å²) in [4.78, 5) is 8.24. The first kappa shape index (κ1) is 15.5. The lowest BCUT2D eigenvalue weighted by Gasteiger charge is -2.11. The summed E-state index contributed by atoms with van der Waals surface area (Å²) >= 11 is 5.64. The van der Waals surface area contributed by atoms with Gasteiger partial charge in [0.1, 0.15) is 21.6 Å². The lowest BCUT2D eigenvalue weighted by molar-refractivity contribution is 0.336. The number of anilines is 1. The molecule has 2 aromatic rings. The molecule has 0 aliphatic rings. The molecule has 1 aromatic carbocycles. The van der Waals surface area contributed by atoms with Gasteiger partial charge in [-0.3, -0.25) is 0 Å². The minimum Gasteiger partial charge on any atom is -0.494 e. The van der Waals surface area contributed by atoms with Crippen LogP contribution in [0.15, 0.2) is 35.1 Å². The zero-order chi connectivity index (χ0) is 14.4. The predicted molar refractivity (Wildman–Crippen MR) is 92.3 cm³/mol. The summed E-state index contributed by atoms with van der Waals surface area (Å²) in [5.74, 6) is 1.78. The van der Waals surface area contributed by atoms with Gasteiger partial charge in [0.2, 0.25) is 0 Å². The van der Waals surface area contributed by atoms with Gasteiger partial charge < -0.3 is 10.1 Å². The lowest BCUT2D eigenvalue weighted by atomic mass is 10.1. The topological polar surface area (TPSA) is 47.0 Å². The monoisotopic (exact) mass is 447 g/mol. The molecule has 0 bridgehead atoms. The van der Waals surface area contributed by atoms with Crippen molar-refractivity contribution in [2.75, 3.05) is 18.5 Å². The summed E-state index contributed by atoms with van der Waals surface area (Å²) in [7, 11) is 0. The molecule has 0 unspecified atom stereocenters. The van der Waals surface area contributed by atoms with E-state index in [9.17, 15) is 0 Å². The van der Waals surface area contributed by atoms with Crippen LogP contribution in [0.5, 0.6) is 5.75 Å². The standard InChI is InChI=1S/C14H15BrIN3O/c1-2-20-12-7-11(15)4-3-10(12)5-6-17-14-8-13(16)18-9-19-14/h3-4,7-9H,2,5-6H2,1H3,(H,17,18,19). The van der Waals surface area contributed by atoms with Crippen LogP contribution in [0, 0.1) is 3.70 Å². The molecule has 0 saturated carbocycles. The highest BCUT2D eigenvalue weighted by Crippen LogP contribution is 2.24. The van der Waals surface area contributed by atoms with Gasteiger partial charge in [-0.15, -0.1) is 0 Å². The van der Waals surface area contributed by atoms with Crippen LogP contribution in [-0.2, 0) is 6.42 Å². The molecule has 106 valence electrons. The molecule has 0 fully saturated rings. The second-order valence-electron chi connectivity index (χ2n) is 4.09. The van der Waals surface area contributed by atoms with Crippen molar-refractivity contribution in [1.29, 1.82) is 0 Å². The molecule has 1 N–H and O–H groups in total. The van der Waals surface area contributed by atoms with E-state index in [1.165, 1.54) is 5.56 Å². The number of aromatic nitrogens is 2. The molecule has 0 saturated heterocycles. The molecule has 0 amide bonds. The van der Waals surface area contributed by atoms with Crippen molar-refractivity contribution in [2.45, 2.75) is 13.3 Å². The average molecular weight is 448 g/mol. The molecule has 0 atom stereocenters. The zero-order valence-electron chi connectivity index (χ0n) is 11.1. The molecule has 1 aromatic heterocycles. The maximum Gasteiger partial charge on any atom is 0.130 e. The third-order valence-corrected chi connectivity index (χ3v) is 3.75. The van der Waals surface area contributed by atoms with Crippen molar-refractivity contribution in [2.24, 2.45) is 0 Å². The van der Waals surface area contributed by atoms with Gasteiger partial charge in [0.05, 0.1) is 6.61 Å². The highest BCUT2D eigenvalue weighted by Gasteiger charge is 2.04. The first-order valence-corrected chi connectivity index (χ1v) is 8.19. The first-order chi connectivity index (χ1) is 9.69. The molecule has 20 heavy (non-hydrogen) atoms. The van der Waals surface area contributed by atoms with Crippen molar-refractivity contribution < 1.29 is 4.74 Å². The number of hydrogen-bond acceptors (Lipinski definition) is 4. The Labute approximate surface area is 140 Å². The summed E-state index contributed by atoms with van der Waals surface area (Å²) in [6.45, 7) is 3.46. The number of benzene rings is 1. The van der Waals surface area contributed by atoms with Crippen LogP contribution in [0.4, 0.5) is 5.82 Å². The molecule has 0 aliphatic heterocycles. The number of nitrogens with one attached hydrogen (secondary N) is 1. The second-order valence-corrected chi connectivity index (χ2v) is 6.11. The molecule has 0 spiro atoms. The van der Waals surface area contributed by atoms with E-state index < -0.39 is 0 Å². The fourth-order valence-electron chi connectivity index (χ4n) is 1.78. The number of ether oxygens (including phenoxy) is 1. The summed E-state index contributed by atoms with van der Waals surface area (Å²) in [6.07, 6.45) is 2.44. The fraction of sp³-hybridized carbons (Fsp3) is 0.286. The summed E-state index contributed by atoms with van der Waals surface area (Å²) in [5.41, 5.74) is 1.19. The maximum absolute atomic E-state index is 5.66. The average Bonchev–Trinajstić information content (AvgIpc) is 2.42. The smallest absolute Gasteiger partial charge is 0.130 e. The molecule has 0 radical (unpaired) electrons. The lowest BCUT2D eigenvalue weighted by Crippen LogP contribution is -2.08. The quantitative estimate of drug-likeness (QED) is 0.539. The van der Waals surface area contributed by atoms with E-state index in [0.29, 0.717) is 6.61 Å². The van der Waals surface area contributed by atoms with E-state index in [2.05, 4.69) is 59.9 Å². The minimum absolute atomic E-state index is 0.668. The number of nitrogens with zero attached hydrogens (tertiary/aromatic N) is 2. The van der Waals surface area contributed by atoms with E-state index >= 15 is 0 Å². The largest absolute Gasteiger partial charge is 0.494 e. The van der Waals surface area contributed by atoms with Crippen molar-refractivity contribution in [1.82, 2.24) is 9.97 Å². The number of halogens is 2. The van der Waals surface area contributed by atoms with Crippen molar-refractivity contribution >= 4 is 44.3 Å². The Bertz CT molecular complexity index is 580. The van der Waals surface area contributed by atoms with E-state index in [0.717, 1.165) is 32.7 Å². The maximum atomic E-state index is 5.66. The van der Waals surface area contributed by atoms with Crippen molar-refractivity contribution in [3.05, 3.63) is 44.3 Å². The fourth-order valence-corrected chi connectivity index (χ4v) is 2.54. The predicted octanol–water partition coefficient (Wildman–Crippen LogP) is 3.90. The van der Waals surface area contributed by atoms with Crippen LogP contribution in [0.25, 0.3) is 0 Å². The second kappa shape index (κ2) is 7.78. The minimum atomic E-state index is 0.668. The molecule has 0 aliphatic carbocycles. The molecule has 1 heterocycles. The number of hydrogen-bond donors (Lipinski definition) is 1. The van der Waals surface area contributed by atoms with Gasteiger partial charge in [-0.05, 0) is 53.6 Å². The third-order valence-electron chi connectivity index (χ3n) is 2.66. The Kier molecular flexibility index (Phi) is 6.03. The highest BCUT2D eigenvalue weighted by atomic mass is 127. The molecule has 2 rings (SSSR count).